The third kappa shape index (κ3) is 5.69. The first-order chi connectivity index (χ1) is 14.7. The van der Waals surface area contributed by atoms with E-state index in [4.69, 9.17) is 4.74 Å². The topological polar surface area (TPSA) is 108 Å². The van der Waals surface area contributed by atoms with Crippen LogP contribution < -0.4 is 10.7 Å². The van der Waals surface area contributed by atoms with Crippen molar-refractivity contribution in [2.45, 2.75) is 23.8 Å². The Hall–Kier alpha value is -2.31. The van der Waals surface area contributed by atoms with Gasteiger partial charge in [-0.3, -0.25) is 15.0 Å². The van der Waals surface area contributed by atoms with Crippen molar-refractivity contribution < 1.29 is 22.7 Å². The van der Waals surface area contributed by atoms with Crippen molar-refractivity contribution >= 4 is 38.2 Å². The highest BCUT2D eigenvalue weighted by atomic mass is 32.2. The zero-order valence-electron chi connectivity index (χ0n) is 17.6. The molecule has 168 valence electrons. The third-order valence-corrected chi connectivity index (χ3v) is 7.44. The van der Waals surface area contributed by atoms with Gasteiger partial charge in [0.1, 0.15) is 5.00 Å². The molecule has 2 heterocycles. The summed E-state index contributed by atoms with van der Waals surface area (Å²) in [4.78, 5) is 24.9. The molecule has 31 heavy (non-hydrogen) atoms. The van der Waals surface area contributed by atoms with E-state index >= 15 is 0 Å². The van der Waals surface area contributed by atoms with E-state index in [0.29, 0.717) is 23.7 Å². The molecule has 1 unspecified atom stereocenters. The summed E-state index contributed by atoms with van der Waals surface area (Å²) >= 11 is 1.23. The van der Waals surface area contributed by atoms with E-state index in [2.05, 4.69) is 10.7 Å². The molecule has 2 N–H and O–H groups in total. The largest absolute Gasteiger partial charge is 0.377 e. The zero-order valence-corrected chi connectivity index (χ0v) is 19.3. The monoisotopic (exact) mass is 466 g/mol. The Labute approximate surface area is 186 Å². The number of nitrogens with zero attached hydrogens (tertiary/aromatic N) is 2. The number of carbonyl (C=O) groups excluding carboxylic acids is 2. The lowest BCUT2D eigenvalue weighted by atomic mass is 10.2. The van der Waals surface area contributed by atoms with Crippen LogP contribution in [-0.4, -0.2) is 69.9 Å². The lowest BCUT2D eigenvalue weighted by Crippen LogP contribution is -2.36. The minimum absolute atomic E-state index is 0.0884. The SMILES string of the molecule is CN(C)NC(=O)c1ccsc1NC(=O)c1ccc(S(=O)(=O)N(C)CC2CCCO2)cc1. The van der Waals surface area contributed by atoms with E-state index < -0.39 is 15.9 Å². The fourth-order valence-corrected chi connectivity index (χ4v) is 5.14. The minimum Gasteiger partial charge on any atom is -0.377 e. The zero-order chi connectivity index (χ0) is 22.6. The predicted octanol–water partition coefficient (Wildman–Crippen LogP) is 2.01. The molecular formula is C20H26N4O5S2. The summed E-state index contributed by atoms with van der Waals surface area (Å²) < 4.78 is 32.4. The van der Waals surface area contributed by atoms with Gasteiger partial charge in [0, 0.05) is 39.9 Å². The van der Waals surface area contributed by atoms with Crippen molar-refractivity contribution in [3.63, 3.8) is 0 Å². The van der Waals surface area contributed by atoms with E-state index in [1.54, 1.807) is 25.5 Å². The van der Waals surface area contributed by atoms with E-state index in [-0.39, 0.29) is 22.5 Å². The van der Waals surface area contributed by atoms with Gasteiger partial charge in [-0.25, -0.2) is 13.4 Å². The van der Waals surface area contributed by atoms with Gasteiger partial charge in [0.2, 0.25) is 10.0 Å². The number of benzene rings is 1. The van der Waals surface area contributed by atoms with Gasteiger partial charge >= 0.3 is 0 Å². The van der Waals surface area contributed by atoms with Crippen molar-refractivity contribution in [1.29, 1.82) is 0 Å². The Balaban J connectivity index is 1.68. The molecule has 0 aliphatic carbocycles. The molecule has 0 radical (unpaired) electrons. The maximum atomic E-state index is 12.8. The maximum Gasteiger partial charge on any atom is 0.268 e. The van der Waals surface area contributed by atoms with Crippen molar-refractivity contribution in [3.05, 3.63) is 46.8 Å². The highest BCUT2D eigenvalue weighted by molar-refractivity contribution is 7.89. The van der Waals surface area contributed by atoms with E-state index in [0.717, 1.165) is 12.8 Å². The molecule has 1 saturated heterocycles. The lowest BCUT2D eigenvalue weighted by Gasteiger charge is -2.20. The van der Waals surface area contributed by atoms with Crippen LogP contribution in [0.2, 0.25) is 0 Å². The molecule has 1 aliphatic heterocycles. The van der Waals surface area contributed by atoms with Crippen molar-refractivity contribution in [3.8, 4) is 0 Å². The smallest absolute Gasteiger partial charge is 0.268 e. The summed E-state index contributed by atoms with van der Waals surface area (Å²) in [6.07, 6.45) is 1.69. The van der Waals surface area contributed by atoms with Gasteiger partial charge in [-0.1, -0.05) is 0 Å². The van der Waals surface area contributed by atoms with Gasteiger partial charge in [-0.05, 0) is 48.6 Å². The lowest BCUT2D eigenvalue weighted by molar-refractivity contribution is 0.0858. The normalized spacial score (nSPS) is 16.6. The number of anilines is 1. The number of sulfonamides is 1. The summed E-state index contributed by atoms with van der Waals surface area (Å²) in [5.41, 5.74) is 3.26. The molecule has 0 saturated carbocycles. The molecule has 11 heteroatoms. The highest BCUT2D eigenvalue weighted by Crippen LogP contribution is 2.24. The maximum absolute atomic E-state index is 12.8. The number of amides is 2. The number of thiophene rings is 1. The number of carbonyl (C=O) groups is 2. The van der Waals surface area contributed by atoms with Crippen LogP contribution in [0.15, 0.2) is 40.6 Å². The van der Waals surface area contributed by atoms with Crippen LogP contribution in [-0.2, 0) is 14.8 Å². The van der Waals surface area contributed by atoms with E-state index in [1.165, 1.54) is 52.0 Å². The highest BCUT2D eigenvalue weighted by Gasteiger charge is 2.26. The number of nitrogens with one attached hydrogen (secondary N) is 2. The molecule has 9 nitrogen and oxygen atoms in total. The molecule has 1 aromatic heterocycles. The second-order valence-electron chi connectivity index (χ2n) is 7.40. The summed E-state index contributed by atoms with van der Waals surface area (Å²) in [6.45, 7) is 0.950. The second kappa shape index (κ2) is 9.88. The molecule has 2 aromatic rings. The average molecular weight is 467 g/mol. The molecule has 2 amide bonds. The molecule has 1 aliphatic rings. The number of hydrogen-bond donors (Lipinski definition) is 2. The minimum atomic E-state index is -3.68. The van der Waals surface area contributed by atoms with Crippen LogP contribution in [0.3, 0.4) is 0 Å². The average Bonchev–Trinajstić information content (AvgIpc) is 3.39. The number of hydrazine groups is 1. The van der Waals surface area contributed by atoms with Crippen LogP contribution >= 0.6 is 11.3 Å². The Morgan fingerprint density at radius 2 is 1.84 bits per heavy atom. The van der Waals surface area contributed by atoms with Crippen LogP contribution in [0.5, 0.6) is 0 Å². The summed E-state index contributed by atoms with van der Waals surface area (Å²) in [7, 11) is 1.22. The molecule has 3 rings (SSSR count). The second-order valence-corrected chi connectivity index (χ2v) is 10.4. The summed E-state index contributed by atoms with van der Waals surface area (Å²) in [6, 6.07) is 7.35. The number of rotatable bonds is 8. The van der Waals surface area contributed by atoms with Crippen molar-refractivity contribution in [1.82, 2.24) is 14.7 Å². The standard InChI is InChI=1S/C20H26N4O5S2/c1-23(2)22-19(26)17-10-12-30-20(17)21-18(25)14-6-8-16(9-7-14)31(27,28)24(3)13-15-5-4-11-29-15/h6-10,12,15H,4-5,11,13H2,1-3H3,(H,21,25)(H,22,26). The molecular weight excluding hydrogens is 440 g/mol. The van der Waals surface area contributed by atoms with E-state index in [9.17, 15) is 18.0 Å². The van der Waals surface area contributed by atoms with Crippen LogP contribution in [0.25, 0.3) is 0 Å². The van der Waals surface area contributed by atoms with Gasteiger partial charge in [0.25, 0.3) is 11.8 Å². The van der Waals surface area contributed by atoms with Crippen molar-refractivity contribution in [2.24, 2.45) is 0 Å². The summed E-state index contributed by atoms with van der Waals surface area (Å²) in [5, 5.41) is 6.35. The van der Waals surface area contributed by atoms with Gasteiger partial charge in [-0.15, -0.1) is 11.3 Å². The number of likely N-dealkylation sites (N-methyl/N-ethyl adjacent to an activating group) is 1. The fourth-order valence-electron chi connectivity index (χ4n) is 3.15. The molecule has 0 bridgehead atoms. The van der Waals surface area contributed by atoms with Crippen LogP contribution in [0, 0.1) is 0 Å². The number of ether oxygens (including phenoxy) is 1. The van der Waals surface area contributed by atoms with Gasteiger partial charge in [0.15, 0.2) is 0 Å². The number of hydrogen-bond acceptors (Lipinski definition) is 7. The quantitative estimate of drug-likeness (QED) is 0.576. The predicted molar refractivity (Wildman–Crippen MR) is 119 cm³/mol. The molecule has 1 fully saturated rings. The Morgan fingerprint density at radius 1 is 1.13 bits per heavy atom. The first-order valence-electron chi connectivity index (χ1n) is 9.73. The molecule has 1 aromatic carbocycles. The van der Waals surface area contributed by atoms with Crippen molar-refractivity contribution in [2.75, 3.05) is 39.6 Å². The van der Waals surface area contributed by atoms with Gasteiger partial charge < -0.3 is 10.1 Å². The third-order valence-electron chi connectivity index (χ3n) is 4.77. The first-order valence-corrected chi connectivity index (χ1v) is 12.1. The van der Waals surface area contributed by atoms with Crippen LogP contribution in [0.4, 0.5) is 5.00 Å². The summed E-state index contributed by atoms with van der Waals surface area (Å²) in [5.74, 6) is -0.768. The fraction of sp³-hybridized carbons (Fsp3) is 0.400. The molecule has 1 atom stereocenters. The van der Waals surface area contributed by atoms with Gasteiger partial charge in [0.05, 0.1) is 16.6 Å². The Bertz CT molecular complexity index is 1030. The van der Waals surface area contributed by atoms with Crippen LogP contribution in [0.1, 0.15) is 33.6 Å². The van der Waals surface area contributed by atoms with E-state index in [1.807, 2.05) is 0 Å². The van der Waals surface area contributed by atoms with Gasteiger partial charge in [-0.2, -0.15) is 4.31 Å². The molecule has 0 spiro atoms. The first kappa shape index (κ1) is 23.4. The Kier molecular flexibility index (Phi) is 7.44. The Morgan fingerprint density at radius 3 is 2.45 bits per heavy atom.